The van der Waals surface area contributed by atoms with Crippen LogP contribution in [0.25, 0.3) is 11.0 Å². The van der Waals surface area contributed by atoms with Crippen LogP contribution in [-0.2, 0) is 0 Å². The summed E-state index contributed by atoms with van der Waals surface area (Å²) in [7, 11) is 0. The Balaban J connectivity index is 2.25. The van der Waals surface area contributed by atoms with E-state index in [0.29, 0.717) is 35.4 Å². The van der Waals surface area contributed by atoms with Gasteiger partial charge in [-0.15, -0.1) is 11.6 Å². The quantitative estimate of drug-likeness (QED) is 0.406. The van der Waals surface area contributed by atoms with E-state index in [1.165, 1.54) is 6.33 Å². The van der Waals surface area contributed by atoms with Crippen molar-refractivity contribution in [3.63, 3.8) is 0 Å². The van der Waals surface area contributed by atoms with Gasteiger partial charge in [0, 0.05) is 22.9 Å². The third-order valence-corrected chi connectivity index (χ3v) is 6.51. The molecule has 176 valence electrons. The number of hydrogen-bond acceptors (Lipinski definition) is 6. The van der Waals surface area contributed by atoms with Gasteiger partial charge >= 0.3 is 0 Å². The number of nitrogens with two attached hydrogens (primary N) is 1. The number of anilines is 1. The first-order chi connectivity index (χ1) is 15.7. The molecule has 0 saturated heterocycles. The molecule has 2 atom stereocenters. The molecular weight excluding hydrogens is 436 g/mol. The van der Waals surface area contributed by atoms with E-state index in [1.54, 1.807) is 0 Å². The minimum Gasteiger partial charge on any atom is -0.493 e. The molecule has 0 radical (unpaired) electrons. The summed E-state index contributed by atoms with van der Waals surface area (Å²) in [6.07, 6.45) is 3.36. The minimum absolute atomic E-state index is 0.0187. The lowest BCUT2D eigenvalue weighted by Crippen LogP contribution is -2.16. The van der Waals surface area contributed by atoms with Gasteiger partial charge in [0.05, 0.1) is 35.4 Å². The molecule has 2 aromatic heterocycles. The highest BCUT2D eigenvalue weighted by atomic mass is 35.5. The highest BCUT2D eigenvalue weighted by Crippen LogP contribution is 2.42. The maximum Gasteiger partial charge on any atom is 0.164 e. The van der Waals surface area contributed by atoms with Crippen LogP contribution in [0.4, 0.5) is 5.82 Å². The smallest absolute Gasteiger partial charge is 0.164 e. The molecule has 0 aliphatic heterocycles. The van der Waals surface area contributed by atoms with Crippen LogP contribution in [-0.4, -0.2) is 32.2 Å². The monoisotopic (exact) mass is 468 g/mol. The van der Waals surface area contributed by atoms with Crippen molar-refractivity contribution in [2.75, 3.05) is 18.2 Å². The fourth-order valence-electron chi connectivity index (χ4n) is 4.41. The maximum atomic E-state index is 10.0. The Labute approximate surface area is 200 Å². The molecule has 1 aromatic carbocycles. The number of nitrogens with zero attached hydrogens (tertiary/aromatic N) is 5. The molecule has 0 aliphatic carbocycles. The van der Waals surface area contributed by atoms with Gasteiger partial charge in [0.25, 0.3) is 0 Å². The summed E-state index contributed by atoms with van der Waals surface area (Å²) in [6.45, 7) is 12.8. The normalized spacial score (nSPS) is 13.3. The number of aromatic nitrogens is 4. The summed E-state index contributed by atoms with van der Waals surface area (Å²) >= 11 is 6.47. The van der Waals surface area contributed by atoms with E-state index in [0.717, 1.165) is 46.4 Å². The summed E-state index contributed by atoms with van der Waals surface area (Å²) in [5.41, 5.74) is 11.0. The molecule has 7 nitrogen and oxygen atoms in total. The van der Waals surface area contributed by atoms with Crippen molar-refractivity contribution in [2.24, 2.45) is 5.92 Å². The maximum absolute atomic E-state index is 10.0. The van der Waals surface area contributed by atoms with Crippen molar-refractivity contribution in [3.8, 4) is 11.8 Å². The highest BCUT2D eigenvalue weighted by Gasteiger charge is 2.28. The van der Waals surface area contributed by atoms with Crippen LogP contribution >= 0.6 is 11.6 Å². The van der Waals surface area contributed by atoms with Crippen LogP contribution in [0, 0.1) is 31.1 Å². The second-order valence-corrected chi connectivity index (χ2v) is 9.24. The molecule has 3 aromatic rings. The fraction of sp³-hybridized carbons (Fsp3) is 0.520. The van der Waals surface area contributed by atoms with Gasteiger partial charge in [0.1, 0.15) is 17.9 Å². The minimum atomic E-state index is -0.205. The molecule has 33 heavy (non-hydrogen) atoms. The number of fused-ring (bicyclic) bond motifs is 1. The highest BCUT2D eigenvalue weighted by molar-refractivity contribution is 6.18. The predicted molar refractivity (Wildman–Crippen MR) is 133 cm³/mol. The van der Waals surface area contributed by atoms with Crippen molar-refractivity contribution < 1.29 is 4.74 Å². The van der Waals surface area contributed by atoms with Crippen LogP contribution in [0.5, 0.6) is 5.75 Å². The fourth-order valence-corrected chi connectivity index (χ4v) is 4.72. The van der Waals surface area contributed by atoms with Crippen LogP contribution in [0.2, 0.25) is 0 Å². The largest absolute Gasteiger partial charge is 0.493 e. The topological polar surface area (TPSA) is 103 Å². The Kier molecular flexibility index (Phi) is 7.80. The lowest BCUT2D eigenvalue weighted by molar-refractivity contribution is 0.325. The zero-order valence-electron chi connectivity index (χ0n) is 20.3. The second-order valence-electron chi connectivity index (χ2n) is 8.93. The summed E-state index contributed by atoms with van der Waals surface area (Å²) in [5, 5.41) is 15.5. The number of hydrogen-bond donors (Lipinski definition) is 1. The second kappa shape index (κ2) is 10.4. The zero-order valence-corrected chi connectivity index (χ0v) is 21.1. The molecule has 0 fully saturated rings. The first-order valence-corrected chi connectivity index (χ1v) is 12.0. The third-order valence-electron chi connectivity index (χ3n) is 6.14. The van der Waals surface area contributed by atoms with E-state index in [-0.39, 0.29) is 12.0 Å². The third kappa shape index (κ3) is 4.77. The molecular formula is C25H33ClN6O. The van der Waals surface area contributed by atoms with Crippen molar-refractivity contribution >= 4 is 28.5 Å². The van der Waals surface area contributed by atoms with Gasteiger partial charge in [-0.3, -0.25) is 0 Å². The first kappa shape index (κ1) is 24.8. The zero-order chi connectivity index (χ0) is 24.3. The van der Waals surface area contributed by atoms with Gasteiger partial charge in [-0.25, -0.2) is 14.6 Å². The average molecular weight is 469 g/mol. The Morgan fingerprint density at radius 1 is 1.21 bits per heavy atom. The summed E-state index contributed by atoms with van der Waals surface area (Å²) in [6, 6.07) is 4.24. The van der Waals surface area contributed by atoms with Gasteiger partial charge in [-0.2, -0.15) is 10.4 Å². The van der Waals surface area contributed by atoms with E-state index in [1.807, 2.05) is 31.5 Å². The molecule has 0 aliphatic rings. The molecule has 2 heterocycles. The number of nitrogen functional groups attached to an aromatic ring is 1. The molecule has 0 spiro atoms. The van der Waals surface area contributed by atoms with Crippen LogP contribution in [0.1, 0.15) is 80.4 Å². The molecule has 0 saturated carbocycles. The van der Waals surface area contributed by atoms with E-state index in [9.17, 15) is 5.26 Å². The van der Waals surface area contributed by atoms with Crippen LogP contribution in [0.3, 0.4) is 0 Å². The first-order valence-electron chi connectivity index (χ1n) is 11.5. The Bertz CT molecular complexity index is 1180. The van der Waals surface area contributed by atoms with Crippen molar-refractivity contribution in [2.45, 2.75) is 66.3 Å². The molecule has 8 heteroatoms. The summed E-state index contributed by atoms with van der Waals surface area (Å²) in [5.74, 6) is 2.12. The van der Waals surface area contributed by atoms with Gasteiger partial charge in [-0.05, 0) is 51.7 Å². The molecule has 0 amide bonds. The van der Waals surface area contributed by atoms with Crippen molar-refractivity contribution in [1.29, 1.82) is 5.26 Å². The van der Waals surface area contributed by atoms with E-state index in [2.05, 4.69) is 36.8 Å². The SMILES string of the molecule is CCOc1c(C(C)n2nc(C)c3c(N)ncnc32)cc(C)c(C#N)c1C(CCl)CCC(C)C. The van der Waals surface area contributed by atoms with Gasteiger partial charge in [0.15, 0.2) is 5.65 Å². The number of benzene rings is 1. The number of ether oxygens (including phenoxy) is 1. The number of nitriles is 1. The van der Waals surface area contributed by atoms with Gasteiger partial charge < -0.3 is 10.5 Å². The molecule has 0 bridgehead atoms. The number of rotatable bonds is 9. The number of aryl methyl sites for hydroxylation is 2. The Hall–Kier alpha value is -2.85. The molecule has 2 N–H and O–H groups in total. The van der Waals surface area contributed by atoms with Crippen molar-refractivity contribution in [1.82, 2.24) is 19.7 Å². The van der Waals surface area contributed by atoms with E-state index >= 15 is 0 Å². The Morgan fingerprint density at radius 3 is 2.55 bits per heavy atom. The van der Waals surface area contributed by atoms with Crippen molar-refractivity contribution in [3.05, 3.63) is 40.3 Å². The lowest BCUT2D eigenvalue weighted by atomic mass is 9.84. The molecule has 2 unspecified atom stereocenters. The van der Waals surface area contributed by atoms with Crippen LogP contribution < -0.4 is 10.5 Å². The standard InChI is InChI=1S/C25H33ClN6O/c1-7-33-23-19(17(6)32-25-21(16(5)31-32)24(28)29-13-30-25)10-15(4)20(12-27)22(23)18(11-26)9-8-14(2)3/h10,13-14,17-18H,7-9,11H2,1-6H3,(H2,28,29,30). The number of halogens is 1. The summed E-state index contributed by atoms with van der Waals surface area (Å²) in [4.78, 5) is 8.58. The predicted octanol–water partition coefficient (Wildman–Crippen LogP) is 5.66. The van der Waals surface area contributed by atoms with Gasteiger partial charge in [-0.1, -0.05) is 20.3 Å². The Morgan fingerprint density at radius 2 is 1.94 bits per heavy atom. The molecule has 3 rings (SSSR count). The number of alkyl halides is 1. The van der Waals surface area contributed by atoms with Gasteiger partial charge in [0.2, 0.25) is 0 Å². The summed E-state index contributed by atoms with van der Waals surface area (Å²) < 4.78 is 8.09. The van der Waals surface area contributed by atoms with Crippen LogP contribution in [0.15, 0.2) is 12.4 Å². The average Bonchev–Trinajstić information content (AvgIpc) is 3.12. The lowest BCUT2D eigenvalue weighted by Gasteiger charge is -2.26. The van der Waals surface area contributed by atoms with E-state index in [4.69, 9.17) is 27.2 Å². The van der Waals surface area contributed by atoms with E-state index < -0.39 is 0 Å².